The van der Waals surface area contributed by atoms with E-state index in [0.717, 1.165) is 11.0 Å². The molecular weight excluding hydrogens is 507 g/mol. The van der Waals surface area contributed by atoms with Gasteiger partial charge in [0.1, 0.15) is 11.9 Å². The van der Waals surface area contributed by atoms with Gasteiger partial charge in [0.2, 0.25) is 11.8 Å². The number of nitrogens with zero attached hydrogens (tertiary/aromatic N) is 2. The summed E-state index contributed by atoms with van der Waals surface area (Å²) in [5.74, 6) is -4.25. The van der Waals surface area contributed by atoms with Gasteiger partial charge in [-0.05, 0) is 48.5 Å². The fraction of sp³-hybridized carbons (Fsp3) is 0.133. The number of fused-ring (bicyclic) bond motifs is 3. The first-order chi connectivity index (χ1) is 18.3. The van der Waals surface area contributed by atoms with E-state index in [2.05, 4.69) is 0 Å². The Morgan fingerprint density at radius 1 is 0.816 bits per heavy atom. The maximum atomic E-state index is 14.0. The number of anilines is 1. The minimum absolute atomic E-state index is 0.106. The number of imide groups is 1. The second kappa shape index (κ2) is 9.19. The number of halogens is 2. The maximum absolute atomic E-state index is 14.0. The van der Waals surface area contributed by atoms with Crippen molar-refractivity contribution in [2.24, 2.45) is 11.8 Å². The summed E-state index contributed by atoms with van der Waals surface area (Å²) in [5.41, 5.74) is 1.29. The van der Waals surface area contributed by atoms with Gasteiger partial charge in [-0.1, -0.05) is 54.1 Å². The fourth-order valence-electron chi connectivity index (χ4n) is 5.61. The molecule has 8 heteroatoms. The van der Waals surface area contributed by atoms with Gasteiger partial charge in [-0.3, -0.25) is 19.2 Å². The summed E-state index contributed by atoms with van der Waals surface area (Å²) in [6.07, 6.45) is 4.88. The third-order valence-electron chi connectivity index (χ3n) is 7.31. The minimum atomic E-state index is -1.02. The molecule has 4 atom stereocenters. The molecule has 188 valence electrons. The summed E-state index contributed by atoms with van der Waals surface area (Å²) in [4.78, 5) is 57.1. The van der Waals surface area contributed by atoms with Crippen LogP contribution in [0.5, 0.6) is 0 Å². The van der Waals surface area contributed by atoms with Crippen molar-refractivity contribution < 1.29 is 23.6 Å². The second-order valence-electron chi connectivity index (χ2n) is 9.43. The van der Waals surface area contributed by atoms with Crippen LogP contribution < -0.4 is 4.90 Å². The van der Waals surface area contributed by atoms with Gasteiger partial charge in [-0.2, -0.15) is 0 Å². The van der Waals surface area contributed by atoms with E-state index in [1.54, 1.807) is 71.8 Å². The molecule has 0 radical (unpaired) electrons. The number of hydrogen-bond acceptors (Lipinski definition) is 5. The fourth-order valence-corrected chi connectivity index (χ4v) is 5.73. The first-order valence-electron chi connectivity index (χ1n) is 12.1. The highest BCUT2D eigenvalue weighted by Crippen LogP contribution is 2.47. The van der Waals surface area contributed by atoms with Crippen molar-refractivity contribution in [3.8, 4) is 0 Å². The standard InChI is InChI=1S/C30H20ClFN2O4/c31-20-11-9-18(10-12-20)28(36)26-25-24(29(37)34(30(25)38)22-8-4-7-21(32)16-22)23-15-19(13-14-33(23)26)27(35)17-5-2-1-3-6-17/h1-16,23-26H/t23-,24-,25-,26+/m0/s1. The number of ketones is 2. The third-order valence-corrected chi connectivity index (χ3v) is 7.56. The number of benzene rings is 3. The van der Waals surface area contributed by atoms with E-state index >= 15 is 0 Å². The van der Waals surface area contributed by atoms with E-state index < -0.39 is 41.6 Å². The van der Waals surface area contributed by atoms with E-state index in [1.165, 1.54) is 18.2 Å². The molecule has 2 amide bonds. The lowest BCUT2D eigenvalue weighted by Gasteiger charge is -2.32. The van der Waals surface area contributed by atoms with Gasteiger partial charge >= 0.3 is 0 Å². The Balaban J connectivity index is 1.44. The predicted molar refractivity (Wildman–Crippen MR) is 139 cm³/mol. The summed E-state index contributed by atoms with van der Waals surface area (Å²) in [6.45, 7) is 0. The van der Waals surface area contributed by atoms with Crippen molar-refractivity contribution in [3.63, 3.8) is 0 Å². The van der Waals surface area contributed by atoms with Gasteiger partial charge in [0.25, 0.3) is 0 Å². The van der Waals surface area contributed by atoms with Crippen molar-refractivity contribution in [1.82, 2.24) is 4.90 Å². The molecule has 0 spiro atoms. The Hall–Kier alpha value is -4.36. The average molecular weight is 527 g/mol. The number of carbonyl (C=O) groups is 4. The summed E-state index contributed by atoms with van der Waals surface area (Å²) < 4.78 is 14.0. The Morgan fingerprint density at radius 2 is 1.53 bits per heavy atom. The highest BCUT2D eigenvalue weighted by atomic mass is 35.5. The van der Waals surface area contributed by atoms with Crippen molar-refractivity contribution in [3.05, 3.63) is 125 Å². The molecule has 2 fully saturated rings. The molecule has 0 N–H and O–H groups in total. The predicted octanol–water partition coefficient (Wildman–Crippen LogP) is 4.86. The van der Waals surface area contributed by atoms with Crippen LogP contribution in [-0.2, 0) is 9.59 Å². The van der Waals surface area contributed by atoms with Gasteiger partial charge in [0, 0.05) is 27.9 Å². The molecule has 0 saturated carbocycles. The van der Waals surface area contributed by atoms with Gasteiger partial charge < -0.3 is 4.90 Å². The molecular formula is C30H20ClFN2O4. The molecule has 3 aliphatic rings. The summed E-state index contributed by atoms with van der Waals surface area (Å²) >= 11 is 6.01. The van der Waals surface area contributed by atoms with Crippen LogP contribution in [0.4, 0.5) is 10.1 Å². The van der Waals surface area contributed by atoms with Crippen molar-refractivity contribution >= 4 is 40.7 Å². The van der Waals surface area contributed by atoms with E-state index in [1.807, 2.05) is 6.07 Å². The first kappa shape index (κ1) is 24.0. The number of carbonyl (C=O) groups excluding carboxylic acids is 4. The maximum Gasteiger partial charge on any atom is 0.240 e. The molecule has 3 aromatic carbocycles. The summed E-state index contributed by atoms with van der Waals surface area (Å²) in [6, 6.07) is 18.6. The minimum Gasteiger partial charge on any atom is -0.359 e. The van der Waals surface area contributed by atoms with Gasteiger partial charge in [-0.25, -0.2) is 9.29 Å². The van der Waals surface area contributed by atoms with Crippen molar-refractivity contribution in [1.29, 1.82) is 0 Å². The topological polar surface area (TPSA) is 74.8 Å². The summed E-state index contributed by atoms with van der Waals surface area (Å²) in [7, 11) is 0. The zero-order chi connectivity index (χ0) is 26.6. The smallest absolute Gasteiger partial charge is 0.240 e. The highest BCUT2D eigenvalue weighted by Gasteiger charge is 2.63. The van der Waals surface area contributed by atoms with Crippen LogP contribution in [0.2, 0.25) is 5.02 Å². The molecule has 3 aliphatic heterocycles. The number of hydrogen-bond donors (Lipinski definition) is 0. The first-order valence-corrected chi connectivity index (χ1v) is 12.4. The molecule has 3 aromatic rings. The van der Waals surface area contributed by atoms with Gasteiger partial charge in [0.05, 0.1) is 23.6 Å². The molecule has 0 aliphatic carbocycles. The van der Waals surface area contributed by atoms with Crippen LogP contribution in [0.25, 0.3) is 0 Å². The molecule has 0 bridgehead atoms. The molecule has 6 nitrogen and oxygen atoms in total. The zero-order valence-electron chi connectivity index (χ0n) is 19.8. The Morgan fingerprint density at radius 3 is 2.24 bits per heavy atom. The van der Waals surface area contributed by atoms with Gasteiger partial charge in [0.15, 0.2) is 11.6 Å². The monoisotopic (exact) mass is 526 g/mol. The Labute approximate surface area is 222 Å². The largest absolute Gasteiger partial charge is 0.359 e. The lowest BCUT2D eigenvalue weighted by Crippen LogP contribution is -2.46. The highest BCUT2D eigenvalue weighted by molar-refractivity contribution is 6.30. The number of amides is 2. The lowest BCUT2D eigenvalue weighted by atomic mass is 9.85. The molecule has 38 heavy (non-hydrogen) atoms. The van der Waals surface area contributed by atoms with E-state index in [4.69, 9.17) is 11.6 Å². The summed E-state index contributed by atoms with van der Waals surface area (Å²) in [5, 5.41) is 0.456. The second-order valence-corrected chi connectivity index (χ2v) is 9.87. The van der Waals surface area contributed by atoms with Crippen LogP contribution in [0.1, 0.15) is 20.7 Å². The Kier molecular flexibility index (Phi) is 5.80. The van der Waals surface area contributed by atoms with Crippen molar-refractivity contribution in [2.75, 3.05) is 4.90 Å². The van der Waals surface area contributed by atoms with Crippen LogP contribution in [0.3, 0.4) is 0 Å². The quantitative estimate of drug-likeness (QED) is 0.351. The van der Waals surface area contributed by atoms with Gasteiger partial charge in [-0.15, -0.1) is 0 Å². The number of allylic oxidation sites excluding steroid dienone is 2. The van der Waals surface area contributed by atoms with E-state index in [9.17, 15) is 23.6 Å². The van der Waals surface area contributed by atoms with Crippen molar-refractivity contribution in [2.45, 2.75) is 12.1 Å². The van der Waals surface area contributed by atoms with Crippen LogP contribution in [0.15, 0.2) is 103 Å². The lowest BCUT2D eigenvalue weighted by molar-refractivity contribution is -0.123. The molecule has 2 saturated heterocycles. The number of rotatable bonds is 5. The van der Waals surface area contributed by atoms with Crippen LogP contribution in [-0.4, -0.2) is 40.4 Å². The van der Waals surface area contributed by atoms with E-state index in [0.29, 0.717) is 21.7 Å². The van der Waals surface area contributed by atoms with Crippen LogP contribution >= 0.6 is 11.6 Å². The molecule has 3 heterocycles. The average Bonchev–Trinajstić information content (AvgIpc) is 3.40. The zero-order valence-corrected chi connectivity index (χ0v) is 20.6. The Bertz CT molecular complexity index is 1550. The molecule has 0 aromatic heterocycles. The normalized spacial score (nSPS) is 23.8. The molecule has 0 unspecified atom stereocenters. The SMILES string of the molecule is O=C(C1=C[C@H]2[C@@H]3C(=O)N(c4cccc(F)c4)C(=O)[C@@H]3[C@H](C(=O)c3ccc(Cl)cc3)N2C=C1)c1ccccc1. The number of Topliss-reactive ketones (excluding diaryl/α,β-unsaturated/α-hetero) is 2. The van der Waals surface area contributed by atoms with E-state index in [-0.39, 0.29) is 17.3 Å². The molecule has 6 rings (SSSR count). The van der Waals surface area contributed by atoms with Crippen LogP contribution in [0, 0.1) is 17.7 Å². The third kappa shape index (κ3) is 3.78.